The molecular weight excluding hydrogens is 286 g/mol. The third kappa shape index (κ3) is 1.89. The SMILES string of the molecule is Brc1cccc2nc(NC3CSC3)ncc12. The number of halogens is 1. The van der Waals surface area contributed by atoms with Crippen molar-refractivity contribution >= 4 is 44.5 Å². The van der Waals surface area contributed by atoms with Gasteiger partial charge in [0.15, 0.2) is 0 Å². The van der Waals surface area contributed by atoms with Gasteiger partial charge in [-0.05, 0) is 12.1 Å². The molecule has 0 atom stereocenters. The van der Waals surface area contributed by atoms with E-state index in [0.29, 0.717) is 6.04 Å². The van der Waals surface area contributed by atoms with E-state index in [4.69, 9.17) is 0 Å². The van der Waals surface area contributed by atoms with Crippen LogP contribution in [0.5, 0.6) is 0 Å². The largest absolute Gasteiger partial charge is 0.350 e. The third-order valence-corrected chi connectivity index (χ3v) is 4.51. The van der Waals surface area contributed by atoms with E-state index >= 15 is 0 Å². The normalized spacial score (nSPS) is 16.1. The Morgan fingerprint density at radius 3 is 3.00 bits per heavy atom. The van der Waals surface area contributed by atoms with E-state index < -0.39 is 0 Å². The summed E-state index contributed by atoms with van der Waals surface area (Å²) in [7, 11) is 0. The topological polar surface area (TPSA) is 37.8 Å². The molecule has 1 aromatic heterocycles. The predicted molar refractivity (Wildman–Crippen MR) is 72.0 cm³/mol. The van der Waals surface area contributed by atoms with Gasteiger partial charge in [-0.15, -0.1) is 0 Å². The van der Waals surface area contributed by atoms with Gasteiger partial charge >= 0.3 is 0 Å². The monoisotopic (exact) mass is 295 g/mol. The summed E-state index contributed by atoms with van der Waals surface area (Å²) >= 11 is 5.44. The van der Waals surface area contributed by atoms with Crippen LogP contribution in [0.2, 0.25) is 0 Å². The summed E-state index contributed by atoms with van der Waals surface area (Å²) in [5.74, 6) is 3.04. The molecule has 0 spiro atoms. The van der Waals surface area contributed by atoms with E-state index in [0.717, 1.165) is 32.8 Å². The number of aromatic nitrogens is 2. The molecule has 0 amide bonds. The molecule has 1 aliphatic heterocycles. The van der Waals surface area contributed by atoms with Crippen molar-refractivity contribution in [2.24, 2.45) is 0 Å². The Morgan fingerprint density at radius 2 is 2.25 bits per heavy atom. The minimum Gasteiger partial charge on any atom is -0.350 e. The Morgan fingerprint density at radius 1 is 1.38 bits per heavy atom. The van der Waals surface area contributed by atoms with E-state index in [1.807, 2.05) is 36.2 Å². The van der Waals surface area contributed by atoms with Crippen LogP contribution in [0, 0.1) is 0 Å². The molecule has 0 aliphatic carbocycles. The number of thioether (sulfide) groups is 1. The molecule has 1 fully saturated rings. The van der Waals surface area contributed by atoms with Gasteiger partial charge in [0.2, 0.25) is 5.95 Å². The van der Waals surface area contributed by atoms with E-state index in [1.54, 1.807) is 0 Å². The van der Waals surface area contributed by atoms with Gasteiger partial charge in [0.1, 0.15) is 0 Å². The van der Waals surface area contributed by atoms with Crippen LogP contribution in [-0.4, -0.2) is 27.5 Å². The lowest BCUT2D eigenvalue weighted by atomic mass is 10.2. The summed E-state index contributed by atoms with van der Waals surface area (Å²) in [4.78, 5) is 8.82. The summed E-state index contributed by atoms with van der Waals surface area (Å²) < 4.78 is 1.04. The fraction of sp³-hybridized carbons (Fsp3) is 0.273. The van der Waals surface area contributed by atoms with Crippen LogP contribution < -0.4 is 5.32 Å². The average molecular weight is 296 g/mol. The lowest BCUT2D eigenvalue weighted by Gasteiger charge is -2.25. The molecule has 1 N–H and O–H groups in total. The summed E-state index contributed by atoms with van der Waals surface area (Å²) in [5.41, 5.74) is 0.971. The number of anilines is 1. The second-order valence-corrected chi connectivity index (χ2v) is 5.67. The van der Waals surface area contributed by atoms with Crippen molar-refractivity contribution in [3.05, 3.63) is 28.9 Å². The quantitative estimate of drug-likeness (QED) is 0.924. The van der Waals surface area contributed by atoms with E-state index in [9.17, 15) is 0 Å². The fourth-order valence-electron chi connectivity index (χ4n) is 1.59. The van der Waals surface area contributed by atoms with Gasteiger partial charge in [-0.2, -0.15) is 11.8 Å². The van der Waals surface area contributed by atoms with Crippen LogP contribution in [0.3, 0.4) is 0 Å². The number of nitrogens with one attached hydrogen (secondary N) is 1. The molecule has 5 heteroatoms. The summed E-state index contributed by atoms with van der Waals surface area (Å²) in [6.45, 7) is 0. The highest BCUT2D eigenvalue weighted by atomic mass is 79.9. The van der Waals surface area contributed by atoms with Crippen molar-refractivity contribution in [3.8, 4) is 0 Å². The molecule has 3 rings (SSSR count). The number of rotatable bonds is 2. The number of fused-ring (bicyclic) bond motifs is 1. The van der Waals surface area contributed by atoms with Crippen LogP contribution in [-0.2, 0) is 0 Å². The van der Waals surface area contributed by atoms with Crippen LogP contribution in [0.25, 0.3) is 10.9 Å². The smallest absolute Gasteiger partial charge is 0.223 e. The molecule has 1 saturated heterocycles. The first-order chi connectivity index (χ1) is 7.83. The van der Waals surface area contributed by atoms with Crippen molar-refractivity contribution in [1.82, 2.24) is 9.97 Å². The summed E-state index contributed by atoms with van der Waals surface area (Å²) in [6.07, 6.45) is 1.86. The molecule has 16 heavy (non-hydrogen) atoms. The number of hydrogen-bond donors (Lipinski definition) is 1. The van der Waals surface area contributed by atoms with Gasteiger partial charge in [0.05, 0.1) is 5.52 Å². The molecule has 1 aromatic carbocycles. The first-order valence-corrected chi connectivity index (χ1v) is 7.03. The fourth-order valence-corrected chi connectivity index (χ4v) is 2.69. The zero-order valence-electron chi connectivity index (χ0n) is 8.48. The van der Waals surface area contributed by atoms with E-state index in [2.05, 4.69) is 31.2 Å². The van der Waals surface area contributed by atoms with Crippen LogP contribution in [0.4, 0.5) is 5.95 Å². The molecule has 2 aromatic rings. The maximum Gasteiger partial charge on any atom is 0.223 e. The Balaban J connectivity index is 1.95. The molecule has 0 saturated carbocycles. The van der Waals surface area contributed by atoms with Gasteiger partial charge in [-0.3, -0.25) is 0 Å². The molecule has 2 heterocycles. The van der Waals surface area contributed by atoms with Crippen molar-refractivity contribution in [3.63, 3.8) is 0 Å². The molecule has 0 unspecified atom stereocenters. The highest BCUT2D eigenvalue weighted by molar-refractivity contribution is 9.10. The Bertz CT molecular complexity index is 528. The maximum atomic E-state index is 4.50. The second-order valence-electron chi connectivity index (χ2n) is 3.74. The minimum absolute atomic E-state index is 0.537. The van der Waals surface area contributed by atoms with Gasteiger partial charge < -0.3 is 5.32 Å². The number of nitrogens with zero attached hydrogens (tertiary/aromatic N) is 2. The third-order valence-electron chi connectivity index (χ3n) is 2.54. The minimum atomic E-state index is 0.537. The second kappa shape index (κ2) is 4.22. The van der Waals surface area contributed by atoms with Gasteiger partial charge in [0.25, 0.3) is 0 Å². The van der Waals surface area contributed by atoms with Crippen LogP contribution >= 0.6 is 27.7 Å². The van der Waals surface area contributed by atoms with Crippen LogP contribution in [0.1, 0.15) is 0 Å². The van der Waals surface area contributed by atoms with Crippen molar-refractivity contribution < 1.29 is 0 Å². The van der Waals surface area contributed by atoms with E-state index in [1.165, 1.54) is 0 Å². The van der Waals surface area contributed by atoms with Gasteiger partial charge in [0, 0.05) is 33.6 Å². The predicted octanol–water partition coefficient (Wildman–Crippen LogP) is 2.92. The maximum absolute atomic E-state index is 4.50. The number of hydrogen-bond acceptors (Lipinski definition) is 4. The summed E-state index contributed by atoms with van der Waals surface area (Å²) in [5, 5.41) is 4.38. The lowest BCUT2D eigenvalue weighted by Crippen LogP contribution is -2.33. The molecule has 0 radical (unpaired) electrons. The zero-order valence-corrected chi connectivity index (χ0v) is 10.9. The van der Waals surface area contributed by atoms with Crippen LogP contribution in [0.15, 0.2) is 28.9 Å². The Labute approximate surface area is 106 Å². The first kappa shape index (κ1) is 10.4. The Kier molecular flexibility index (Phi) is 2.73. The van der Waals surface area contributed by atoms with Crippen molar-refractivity contribution in [1.29, 1.82) is 0 Å². The molecular formula is C11H10BrN3S. The zero-order chi connectivity index (χ0) is 11.0. The average Bonchev–Trinajstić information content (AvgIpc) is 2.24. The highest BCUT2D eigenvalue weighted by Crippen LogP contribution is 2.24. The molecule has 3 nitrogen and oxygen atoms in total. The van der Waals surface area contributed by atoms with Crippen molar-refractivity contribution in [2.45, 2.75) is 6.04 Å². The van der Waals surface area contributed by atoms with Crippen molar-refractivity contribution in [2.75, 3.05) is 16.8 Å². The standard InChI is InChI=1S/C11H10BrN3S/c12-9-2-1-3-10-8(9)4-13-11(15-10)14-7-5-16-6-7/h1-4,7H,5-6H2,(H,13,14,15). The first-order valence-electron chi connectivity index (χ1n) is 5.08. The lowest BCUT2D eigenvalue weighted by molar-refractivity contribution is 0.862. The highest BCUT2D eigenvalue weighted by Gasteiger charge is 2.18. The van der Waals surface area contributed by atoms with Gasteiger partial charge in [-0.1, -0.05) is 22.0 Å². The van der Waals surface area contributed by atoms with Gasteiger partial charge in [-0.25, -0.2) is 9.97 Å². The molecule has 82 valence electrons. The molecule has 1 aliphatic rings. The number of benzene rings is 1. The van der Waals surface area contributed by atoms with E-state index in [-0.39, 0.29) is 0 Å². The summed E-state index contributed by atoms with van der Waals surface area (Å²) in [6, 6.07) is 6.53. The molecule has 0 bridgehead atoms. The Hall–Kier alpha value is -0.810.